The second-order valence-corrected chi connectivity index (χ2v) is 5.15. The maximum Gasteiger partial charge on any atom is 0.266 e. The van der Waals surface area contributed by atoms with Gasteiger partial charge in [-0.2, -0.15) is 0 Å². The Balaban J connectivity index is 2.21. The summed E-state index contributed by atoms with van der Waals surface area (Å²) in [7, 11) is 1.60. The normalized spacial score (nSPS) is 10.7. The molecule has 2 aromatic rings. The lowest BCUT2D eigenvalue weighted by molar-refractivity contribution is 0.0661. The lowest BCUT2D eigenvalue weighted by atomic mass is 10.3. The van der Waals surface area contributed by atoms with E-state index in [1.54, 1.807) is 12.0 Å². The molecule has 0 saturated carbocycles. The van der Waals surface area contributed by atoms with Crippen molar-refractivity contribution in [2.45, 2.75) is 0 Å². The number of aromatic nitrogens is 1. The fourth-order valence-corrected chi connectivity index (χ4v) is 2.80. The molecule has 0 unspecified atom stereocenters. The minimum Gasteiger partial charge on any atom is -0.395 e. The van der Waals surface area contributed by atoms with Crippen LogP contribution < -0.4 is 0 Å². The number of hydrogen-bond donors (Lipinski definition) is 1. The molecule has 2 heterocycles. The Labute approximate surface area is 122 Å². The molecule has 1 amide bonds. The first-order valence-corrected chi connectivity index (χ1v) is 7.25. The number of methoxy groups -OCH3 is 1. The van der Waals surface area contributed by atoms with Crippen LogP contribution in [0.2, 0.25) is 0 Å². The number of thiophene rings is 1. The highest BCUT2D eigenvalue weighted by molar-refractivity contribution is 7.12. The number of amides is 1. The van der Waals surface area contributed by atoms with Crippen LogP contribution in [0.3, 0.4) is 0 Å². The molecule has 0 saturated heterocycles. The highest BCUT2D eigenvalue weighted by atomic mass is 32.1. The first kappa shape index (κ1) is 14.8. The van der Waals surface area contributed by atoms with Gasteiger partial charge in [-0.1, -0.05) is 0 Å². The zero-order valence-electron chi connectivity index (χ0n) is 11.4. The molecule has 2 aromatic heterocycles. The second-order valence-electron chi connectivity index (χ2n) is 4.23. The summed E-state index contributed by atoms with van der Waals surface area (Å²) < 4.78 is 6.93. The topological polar surface area (TPSA) is 54.7 Å². The molecular formula is C14H18N2O3S. The van der Waals surface area contributed by atoms with Crippen molar-refractivity contribution in [2.24, 2.45) is 0 Å². The van der Waals surface area contributed by atoms with Gasteiger partial charge in [-0.25, -0.2) is 0 Å². The highest BCUT2D eigenvalue weighted by Gasteiger charge is 2.20. The molecule has 0 atom stereocenters. The monoisotopic (exact) mass is 294 g/mol. The molecule has 108 valence electrons. The molecule has 20 heavy (non-hydrogen) atoms. The molecule has 2 rings (SSSR count). The molecular weight excluding hydrogens is 276 g/mol. The number of carbonyl (C=O) groups excluding carboxylic acids is 1. The van der Waals surface area contributed by atoms with Crippen LogP contribution in [0.5, 0.6) is 0 Å². The van der Waals surface area contributed by atoms with E-state index >= 15 is 0 Å². The summed E-state index contributed by atoms with van der Waals surface area (Å²) in [5.74, 6) is -0.0743. The average molecular weight is 294 g/mol. The third kappa shape index (κ3) is 3.27. The second kappa shape index (κ2) is 7.23. The molecule has 1 N–H and O–H groups in total. The van der Waals surface area contributed by atoms with Crippen molar-refractivity contribution in [3.63, 3.8) is 0 Å². The summed E-state index contributed by atoms with van der Waals surface area (Å²) in [5.41, 5.74) is 0.866. The van der Waals surface area contributed by atoms with Crippen LogP contribution in [0, 0.1) is 0 Å². The Kier molecular flexibility index (Phi) is 5.34. The number of aliphatic hydroxyl groups is 1. The van der Waals surface area contributed by atoms with Crippen molar-refractivity contribution in [1.29, 1.82) is 0 Å². The first-order chi connectivity index (χ1) is 9.77. The van der Waals surface area contributed by atoms with Gasteiger partial charge in [-0.3, -0.25) is 4.79 Å². The van der Waals surface area contributed by atoms with Crippen molar-refractivity contribution in [1.82, 2.24) is 9.47 Å². The van der Waals surface area contributed by atoms with Crippen LogP contribution in [-0.2, 0) is 4.74 Å². The van der Waals surface area contributed by atoms with Gasteiger partial charge in [0.05, 0.1) is 18.9 Å². The molecule has 0 radical (unpaired) electrons. The Bertz CT molecular complexity index is 536. The summed E-state index contributed by atoms with van der Waals surface area (Å²) >= 11 is 1.41. The van der Waals surface area contributed by atoms with E-state index in [4.69, 9.17) is 9.84 Å². The number of aliphatic hydroxyl groups excluding tert-OH is 1. The van der Waals surface area contributed by atoms with Crippen molar-refractivity contribution < 1.29 is 14.6 Å². The number of hydrogen-bond acceptors (Lipinski definition) is 4. The van der Waals surface area contributed by atoms with Gasteiger partial charge in [0, 0.05) is 32.6 Å². The lowest BCUT2D eigenvalue weighted by Crippen LogP contribution is -2.36. The predicted octanol–water partition coefficient (Wildman–Crippen LogP) is 1.62. The standard InChI is InChI=1S/C14H18N2O3S/c1-19-10-8-16(7-9-17)14(18)13-12(4-11-20-13)15-5-2-3-6-15/h2-6,11,17H,7-10H2,1H3. The van der Waals surface area contributed by atoms with Crippen molar-refractivity contribution >= 4 is 17.2 Å². The van der Waals surface area contributed by atoms with Gasteiger partial charge in [0.2, 0.25) is 0 Å². The first-order valence-electron chi connectivity index (χ1n) is 6.38. The minimum atomic E-state index is -0.0743. The quantitative estimate of drug-likeness (QED) is 0.844. The van der Waals surface area contributed by atoms with E-state index in [-0.39, 0.29) is 12.5 Å². The molecule has 0 spiro atoms. The van der Waals surface area contributed by atoms with Gasteiger partial charge in [0.1, 0.15) is 4.88 Å². The van der Waals surface area contributed by atoms with E-state index in [9.17, 15) is 4.79 Å². The van der Waals surface area contributed by atoms with Gasteiger partial charge < -0.3 is 19.3 Å². The molecule has 0 bridgehead atoms. The molecule has 0 aliphatic carbocycles. The lowest BCUT2D eigenvalue weighted by Gasteiger charge is -2.21. The van der Waals surface area contributed by atoms with Crippen molar-refractivity contribution in [2.75, 3.05) is 33.4 Å². The van der Waals surface area contributed by atoms with Crippen LogP contribution in [0.4, 0.5) is 0 Å². The zero-order chi connectivity index (χ0) is 14.4. The zero-order valence-corrected chi connectivity index (χ0v) is 12.2. The Morgan fingerprint density at radius 3 is 2.80 bits per heavy atom. The molecule has 0 aliphatic rings. The Morgan fingerprint density at radius 1 is 1.40 bits per heavy atom. The van der Waals surface area contributed by atoms with Gasteiger partial charge in [0.15, 0.2) is 0 Å². The molecule has 5 nitrogen and oxygen atoms in total. The summed E-state index contributed by atoms with van der Waals surface area (Å²) in [5, 5.41) is 11.0. The van der Waals surface area contributed by atoms with Crippen LogP contribution in [0.15, 0.2) is 36.0 Å². The van der Waals surface area contributed by atoms with E-state index in [1.807, 2.05) is 40.5 Å². The third-order valence-electron chi connectivity index (χ3n) is 2.94. The summed E-state index contributed by atoms with van der Waals surface area (Å²) in [6.45, 7) is 1.18. The molecule has 0 fully saturated rings. The van der Waals surface area contributed by atoms with Crippen LogP contribution in [-0.4, -0.2) is 53.9 Å². The number of ether oxygens (including phenoxy) is 1. The molecule has 6 heteroatoms. The van der Waals surface area contributed by atoms with E-state index in [0.717, 1.165) is 5.69 Å². The Morgan fingerprint density at radius 2 is 2.15 bits per heavy atom. The smallest absolute Gasteiger partial charge is 0.266 e. The summed E-state index contributed by atoms with van der Waals surface area (Å²) in [6.07, 6.45) is 3.81. The minimum absolute atomic E-state index is 0.0559. The number of carbonyl (C=O) groups is 1. The number of nitrogens with zero attached hydrogens (tertiary/aromatic N) is 2. The summed E-state index contributed by atoms with van der Waals surface area (Å²) in [6, 6.07) is 5.76. The van der Waals surface area contributed by atoms with E-state index in [0.29, 0.717) is 24.6 Å². The predicted molar refractivity (Wildman–Crippen MR) is 78.5 cm³/mol. The Hall–Kier alpha value is -1.63. The van der Waals surface area contributed by atoms with Crippen molar-refractivity contribution in [3.05, 3.63) is 40.8 Å². The maximum atomic E-state index is 12.6. The largest absolute Gasteiger partial charge is 0.395 e. The SMILES string of the molecule is COCCN(CCO)C(=O)c1sccc1-n1cccc1. The van der Waals surface area contributed by atoms with Crippen LogP contribution in [0.1, 0.15) is 9.67 Å². The van der Waals surface area contributed by atoms with Gasteiger partial charge >= 0.3 is 0 Å². The van der Waals surface area contributed by atoms with E-state index in [1.165, 1.54) is 11.3 Å². The third-order valence-corrected chi connectivity index (χ3v) is 3.84. The fraction of sp³-hybridized carbons (Fsp3) is 0.357. The van der Waals surface area contributed by atoms with Crippen LogP contribution in [0.25, 0.3) is 5.69 Å². The maximum absolute atomic E-state index is 12.6. The molecule has 0 aromatic carbocycles. The van der Waals surface area contributed by atoms with Gasteiger partial charge in [0.25, 0.3) is 5.91 Å². The summed E-state index contributed by atoms with van der Waals surface area (Å²) in [4.78, 5) is 14.9. The van der Waals surface area contributed by atoms with E-state index < -0.39 is 0 Å². The van der Waals surface area contributed by atoms with Crippen molar-refractivity contribution in [3.8, 4) is 5.69 Å². The molecule has 0 aliphatic heterocycles. The number of rotatable bonds is 7. The fourth-order valence-electron chi connectivity index (χ4n) is 1.94. The highest BCUT2D eigenvalue weighted by Crippen LogP contribution is 2.23. The van der Waals surface area contributed by atoms with Crippen LogP contribution >= 0.6 is 11.3 Å². The van der Waals surface area contributed by atoms with Gasteiger partial charge in [-0.05, 0) is 23.6 Å². The van der Waals surface area contributed by atoms with E-state index in [2.05, 4.69) is 0 Å². The average Bonchev–Trinajstić information content (AvgIpc) is 3.11. The van der Waals surface area contributed by atoms with Gasteiger partial charge in [-0.15, -0.1) is 11.3 Å².